The molecule has 3 heterocycles. The number of fused-ring (bicyclic) bond motifs is 1. The molecule has 1 saturated heterocycles. The third-order valence-corrected chi connectivity index (χ3v) is 4.01. The number of hydrogen-bond donors (Lipinski definition) is 1. The van der Waals surface area contributed by atoms with Gasteiger partial charge in [0, 0.05) is 18.8 Å². The van der Waals surface area contributed by atoms with Crippen molar-refractivity contribution in [2.45, 2.75) is 19.9 Å². The van der Waals surface area contributed by atoms with Gasteiger partial charge >= 0.3 is 0 Å². The molecule has 0 bridgehead atoms. The van der Waals surface area contributed by atoms with E-state index in [4.69, 9.17) is 12.2 Å². The first-order chi connectivity index (χ1) is 8.63. The zero-order valence-electron chi connectivity index (χ0n) is 10.8. The van der Waals surface area contributed by atoms with Crippen LogP contribution >= 0.6 is 12.2 Å². The van der Waals surface area contributed by atoms with Crippen LogP contribution in [-0.2, 0) is 6.54 Å². The fourth-order valence-corrected chi connectivity index (χ4v) is 3.00. The van der Waals surface area contributed by atoms with Gasteiger partial charge in [0.15, 0.2) is 10.4 Å². The maximum atomic E-state index is 5.41. The van der Waals surface area contributed by atoms with E-state index in [1.807, 2.05) is 13.0 Å². The molecule has 4 nitrogen and oxygen atoms in total. The van der Waals surface area contributed by atoms with Gasteiger partial charge in [-0.3, -0.25) is 0 Å². The summed E-state index contributed by atoms with van der Waals surface area (Å²) >= 11 is 5.41. The summed E-state index contributed by atoms with van der Waals surface area (Å²) < 4.78 is 2.94. The van der Waals surface area contributed by atoms with Gasteiger partial charge in [-0.15, -0.1) is 0 Å². The molecule has 1 aliphatic rings. The molecule has 0 aromatic carbocycles. The smallest absolute Gasteiger partial charge is 0.179 e. The van der Waals surface area contributed by atoms with Gasteiger partial charge in [-0.2, -0.15) is 0 Å². The van der Waals surface area contributed by atoms with E-state index in [-0.39, 0.29) is 0 Å². The molecule has 0 radical (unpaired) electrons. The van der Waals surface area contributed by atoms with Crippen molar-refractivity contribution in [3.8, 4) is 0 Å². The minimum atomic E-state index is 0.683. The van der Waals surface area contributed by atoms with Gasteiger partial charge in [-0.05, 0) is 57.2 Å². The first-order valence-corrected chi connectivity index (χ1v) is 6.79. The van der Waals surface area contributed by atoms with Gasteiger partial charge in [0.2, 0.25) is 0 Å². The highest BCUT2D eigenvalue weighted by atomic mass is 32.1. The van der Waals surface area contributed by atoms with E-state index in [0.717, 1.165) is 34.7 Å². The second-order valence-electron chi connectivity index (χ2n) is 5.28. The van der Waals surface area contributed by atoms with Gasteiger partial charge in [0.25, 0.3) is 0 Å². The van der Waals surface area contributed by atoms with E-state index in [0.29, 0.717) is 5.92 Å². The molecule has 0 aliphatic carbocycles. The lowest BCUT2D eigenvalue weighted by molar-refractivity contribution is 0.379. The summed E-state index contributed by atoms with van der Waals surface area (Å²) in [6.45, 7) is 5.33. The minimum absolute atomic E-state index is 0.683. The third kappa shape index (κ3) is 2.08. The zero-order valence-corrected chi connectivity index (χ0v) is 11.6. The average molecular weight is 262 g/mol. The standard InChI is InChI=1S/C13H18N4S/c1-9-3-4-11-12(14-9)17(13(18)15-11)8-10-5-6-16(2)7-10/h3-4,10H,5-8H2,1-2H3,(H,15,18). The molecule has 96 valence electrons. The molecule has 1 aliphatic heterocycles. The molecule has 0 saturated carbocycles. The van der Waals surface area contributed by atoms with Crippen molar-refractivity contribution < 1.29 is 0 Å². The summed E-state index contributed by atoms with van der Waals surface area (Å²) in [5.41, 5.74) is 3.07. The fourth-order valence-electron chi connectivity index (χ4n) is 2.73. The Morgan fingerprint density at radius 2 is 2.33 bits per heavy atom. The van der Waals surface area contributed by atoms with E-state index in [1.54, 1.807) is 0 Å². The zero-order chi connectivity index (χ0) is 12.7. The van der Waals surface area contributed by atoms with Crippen LogP contribution in [0.1, 0.15) is 12.1 Å². The molecule has 2 aromatic heterocycles. The number of aryl methyl sites for hydroxylation is 1. The van der Waals surface area contributed by atoms with E-state index in [1.165, 1.54) is 13.0 Å². The van der Waals surface area contributed by atoms with Crippen LogP contribution < -0.4 is 0 Å². The Hall–Kier alpha value is -1.20. The maximum Gasteiger partial charge on any atom is 0.179 e. The number of likely N-dealkylation sites (tertiary alicyclic amines) is 1. The normalized spacial score (nSPS) is 20.9. The topological polar surface area (TPSA) is 36.9 Å². The average Bonchev–Trinajstić information content (AvgIpc) is 2.86. The molecule has 1 N–H and O–H groups in total. The molecule has 1 unspecified atom stereocenters. The predicted octanol–water partition coefficient (Wildman–Crippen LogP) is 2.35. The van der Waals surface area contributed by atoms with Crippen LogP contribution in [0.4, 0.5) is 0 Å². The Balaban J connectivity index is 1.98. The maximum absolute atomic E-state index is 5.41. The van der Waals surface area contributed by atoms with Crippen LogP contribution in [-0.4, -0.2) is 39.6 Å². The summed E-state index contributed by atoms with van der Waals surface area (Å²) in [4.78, 5) is 10.2. The Morgan fingerprint density at radius 1 is 1.50 bits per heavy atom. The molecule has 18 heavy (non-hydrogen) atoms. The summed E-state index contributed by atoms with van der Waals surface area (Å²) in [6.07, 6.45) is 1.25. The van der Waals surface area contributed by atoms with Crippen molar-refractivity contribution in [2.75, 3.05) is 20.1 Å². The Bertz CT molecular complexity index is 627. The highest BCUT2D eigenvalue weighted by molar-refractivity contribution is 7.71. The Labute approximate surface area is 112 Å². The number of aromatic amines is 1. The SMILES string of the molecule is Cc1ccc2[nH]c(=S)n(CC3CCN(C)C3)c2n1. The van der Waals surface area contributed by atoms with Crippen molar-refractivity contribution in [1.82, 2.24) is 19.4 Å². The third-order valence-electron chi connectivity index (χ3n) is 3.69. The number of nitrogens with zero attached hydrogens (tertiary/aromatic N) is 3. The number of nitrogens with one attached hydrogen (secondary N) is 1. The van der Waals surface area contributed by atoms with E-state index in [2.05, 4.69) is 32.5 Å². The summed E-state index contributed by atoms with van der Waals surface area (Å²) in [7, 11) is 2.18. The quantitative estimate of drug-likeness (QED) is 0.844. The van der Waals surface area contributed by atoms with Crippen molar-refractivity contribution in [3.63, 3.8) is 0 Å². The van der Waals surface area contributed by atoms with Crippen molar-refractivity contribution in [2.24, 2.45) is 5.92 Å². The van der Waals surface area contributed by atoms with Crippen LogP contribution in [0.2, 0.25) is 0 Å². The molecule has 1 fully saturated rings. The van der Waals surface area contributed by atoms with Crippen molar-refractivity contribution in [1.29, 1.82) is 0 Å². The van der Waals surface area contributed by atoms with E-state index < -0.39 is 0 Å². The fraction of sp³-hybridized carbons (Fsp3) is 0.538. The monoisotopic (exact) mass is 262 g/mol. The second kappa shape index (κ2) is 4.48. The predicted molar refractivity (Wildman–Crippen MR) is 75.3 cm³/mol. The number of imidazole rings is 1. The molecular weight excluding hydrogens is 244 g/mol. The lowest BCUT2D eigenvalue weighted by atomic mass is 10.1. The molecule has 5 heteroatoms. The molecule has 1 atom stereocenters. The number of hydrogen-bond acceptors (Lipinski definition) is 3. The van der Waals surface area contributed by atoms with Gasteiger partial charge in [-0.1, -0.05) is 0 Å². The minimum Gasteiger partial charge on any atom is -0.329 e. The molecule has 0 spiro atoms. The lowest BCUT2D eigenvalue weighted by Gasteiger charge is -2.11. The first-order valence-electron chi connectivity index (χ1n) is 6.38. The Kier molecular flexibility index (Phi) is 2.95. The lowest BCUT2D eigenvalue weighted by Crippen LogP contribution is -2.17. The van der Waals surface area contributed by atoms with Crippen molar-refractivity contribution >= 4 is 23.4 Å². The van der Waals surface area contributed by atoms with Crippen LogP contribution in [0, 0.1) is 17.6 Å². The van der Waals surface area contributed by atoms with Crippen LogP contribution in [0.3, 0.4) is 0 Å². The summed E-state index contributed by atoms with van der Waals surface area (Å²) in [5.74, 6) is 0.683. The second-order valence-corrected chi connectivity index (χ2v) is 5.67. The highest BCUT2D eigenvalue weighted by Crippen LogP contribution is 2.20. The molecule has 2 aromatic rings. The number of pyridine rings is 1. The Morgan fingerprint density at radius 3 is 3.06 bits per heavy atom. The van der Waals surface area contributed by atoms with Crippen LogP contribution in [0.25, 0.3) is 11.2 Å². The molecular formula is C13H18N4S. The molecule has 0 amide bonds. The van der Waals surface area contributed by atoms with Crippen molar-refractivity contribution in [3.05, 3.63) is 22.6 Å². The number of rotatable bonds is 2. The first kappa shape index (κ1) is 11.9. The highest BCUT2D eigenvalue weighted by Gasteiger charge is 2.21. The van der Waals surface area contributed by atoms with Crippen LogP contribution in [0.5, 0.6) is 0 Å². The molecule has 3 rings (SSSR count). The summed E-state index contributed by atoms with van der Waals surface area (Å²) in [5, 5.41) is 0. The summed E-state index contributed by atoms with van der Waals surface area (Å²) in [6, 6.07) is 4.08. The van der Waals surface area contributed by atoms with E-state index in [9.17, 15) is 0 Å². The van der Waals surface area contributed by atoms with Gasteiger partial charge < -0.3 is 14.5 Å². The van der Waals surface area contributed by atoms with Gasteiger partial charge in [0.1, 0.15) is 0 Å². The number of aromatic nitrogens is 3. The largest absolute Gasteiger partial charge is 0.329 e. The van der Waals surface area contributed by atoms with Crippen LogP contribution in [0.15, 0.2) is 12.1 Å². The number of H-pyrrole nitrogens is 1. The van der Waals surface area contributed by atoms with Gasteiger partial charge in [0.05, 0.1) is 5.52 Å². The van der Waals surface area contributed by atoms with E-state index >= 15 is 0 Å². The van der Waals surface area contributed by atoms with Gasteiger partial charge in [-0.25, -0.2) is 4.98 Å².